The molecule has 0 aromatic rings. The molecule has 112 valence electrons. The number of nitrogens with zero attached hydrogens (tertiary/aromatic N) is 1. The lowest BCUT2D eigenvalue weighted by atomic mass is 10.1. The van der Waals surface area contributed by atoms with Crippen LogP contribution in [0.25, 0.3) is 0 Å². The molecule has 0 bridgehead atoms. The Morgan fingerprint density at radius 2 is 1.79 bits per heavy atom. The first-order chi connectivity index (χ1) is 8.41. The first kappa shape index (κ1) is 17.5. The Bertz CT molecular complexity index is 330. The summed E-state index contributed by atoms with van der Waals surface area (Å²) in [6.07, 6.45) is -0.455. The van der Waals surface area contributed by atoms with Crippen molar-refractivity contribution >= 4 is 12.1 Å². The molecule has 0 aliphatic heterocycles. The zero-order valence-corrected chi connectivity index (χ0v) is 13.1. The molecule has 0 fully saturated rings. The number of hydrogen-bond donors (Lipinski definition) is 3. The van der Waals surface area contributed by atoms with E-state index in [1.165, 1.54) is 0 Å². The predicted molar refractivity (Wildman–Crippen MR) is 78.2 cm³/mol. The van der Waals surface area contributed by atoms with Crippen molar-refractivity contribution in [1.82, 2.24) is 10.6 Å². The molecule has 0 spiro atoms. The molecular formula is C13H28N4O2. The van der Waals surface area contributed by atoms with Crippen LogP contribution in [0.15, 0.2) is 4.99 Å². The molecule has 0 unspecified atom stereocenters. The minimum Gasteiger partial charge on any atom is -0.444 e. The Morgan fingerprint density at radius 1 is 1.26 bits per heavy atom. The van der Waals surface area contributed by atoms with Gasteiger partial charge in [-0.15, -0.1) is 0 Å². The van der Waals surface area contributed by atoms with Crippen LogP contribution < -0.4 is 16.4 Å². The van der Waals surface area contributed by atoms with E-state index in [9.17, 15) is 4.79 Å². The molecule has 1 amide bonds. The highest BCUT2D eigenvalue weighted by atomic mass is 16.6. The van der Waals surface area contributed by atoms with E-state index in [0.29, 0.717) is 12.5 Å². The zero-order valence-electron chi connectivity index (χ0n) is 13.1. The molecule has 6 nitrogen and oxygen atoms in total. The lowest BCUT2D eigenvalue weighted by Gasteiger charge is -2.27. The quantitative estimate of drug-likeness (QED) is 0.536. The number of nitrogens with two attached hydrogens (primary N) is 1. The lowest BCUT2D eigenvalue weighted by molar-refractivity contribution is 0.0476. The van der Waals surface area contributed by atoms with Crippen LogP contribution in [0.4, 0.5) is 4.79 Å². The molecule has 0 heterocycles. The number of ether oxygens (including phenoxy) is 1. The van der Waals surface area contributed by atoms with E-state index in [1.807, 2.05) is 48.5 Å². The summed E-state index contributed by atoms with van der Waals surface area (Å²) in [6.45, 7) is 13.5. The van der Waals surface area contributed by atoms with Crippen LogP contribution in [0.5, 0.6) is 0 Å². The summed E-state index contributed by atoms with van der Waals surface area (Å²) >= 11 is 0. The van der Waals surface area contributed by atoms with Crippen molar-refractivity contribution < 1.29 is 9.53 Å². The summed E-state index contributed by atoms with van der Waals surface area (Å²) in [5.41, 5.74) is 4.67. The minimum atomic E-state index is -0.522. The average molecular weight is 272 g/mol. The van der Waals surface area contributed by atoms with Gasteiger partial charge in [-0.25, -0.2) is 4.79 Å². The van der Waals surface area contributed by atoms with E-state index >= 15 is 0 Å². The molecule has 0 aromatic carbocycles. The highest BCUT2D eigenvalue weighted by Gasteiger charge is 2.24. The third kappa shape index (κ3) is 10.2. The second-order valence-corrected chi connectivity index (χ2v) is 6.51. The summed E-state index contributed by atoms with van der Waals surface area (Å²) in [6, 6.07) is 0.227. The maximum absolute atomic E-state index is 11.7. The van der Waals surface area contributed by atoms with Crippen LogP contribution in [0, 0.1) is 0 Å². The maximum atomic E-state index is 11.7. The Balaban J connectivity index is 4.36. The molecule has 0 saturated carbocycles. The Morgan fingerprint density at radius 3 is 2.21 bits per heavy atom. The van der Waals surface area contributed by atoms with Gasteiger partial charge in [-0.3, -0.25) is 4.99 Å². The number of nitrogens with one attached hydrogen (secondary N) is 2. The minimum absolute atomic E-state index is 0.227. The lowest BCUT2D eigenvalue weighted by Crippen LogP contribution is -2.48. The Kier molecular flexibility index (Phi) is 6.12. The van der Waals surface area contributed by atoms with E-state index in [-0.39, 0.29) is 6.04 Å². The molecule has 0 saturated heterocycles. The molecular weight excluding hydrogens is 244 g/mol. The van der Waals surface area contributed by atoms with Crippen molar-refractivity contribution in [3.63, 3.8) is 0 Å². The predicted octanol–water partition coefficient (Wildman–Crippen LogP) is 1.60. The van der Waals surface area contributed by atoms with E-state index in [4.69, 9.17) is 10.5 Å². The van der Waals surface area contributed by atoms with Crippen LogP contribution in [-0.2, 0) is 4.74 Å². The molecule has 0 aromatic heterocycles. The van der Waals surface area contributed by atoms with Gasteiger partial charge < -0.3 is 21.1 Å². The standard InChI is InChI=1S/C13H28N4O2/c1-9(2)16-10(14)15-8-13(6,7)17-11(18)19-12(3,4)5/h9H,8H2,1-7H3,(H,17,18)(H3,14,15,16). The van der Waals surface area contributed by atoms with Gasteiger partial charge in [0.2, 0.25) is 0 Å². The molecule has 0 aliphatic carbocycles. The van der Waals surface area contributed by atoms with Crippen molar-refractivity contribution in [2.75, 3.05) is 6.54 Å². The number of carbonyl (C=O) groups is 1. The van der Waals surface area contributed by atoms with Crippen molar-refractivity contribution in [2.45, 2.75) is 65.6 Å². The SMILES string of the molecule is CC(C)NC(N)=NCC(C)(C)NC(=O)OC(C)(C)C. The van der Waals surface area contributed by atoms with E-state index < -0.39 is 17.2 Å². The number of hydrogen-bond acceptors (Lipinski definition) is 3. The smallest absolute Gasteiger partial charge is 0.408 e. The van der Waals surface area contributed by atoms with E-state index in [2.05, 4.69) is 15.6 Å². The third-order valence-corrected chi connectivity index (χ3v) is 1.92. The van der Waals surface area contributed by atoms with Gasteiger partial charge in [0, 0.05) is 6.04 Å². The van der Waals surface area contributed by atoms with Crippen molar-refractivity contribution in [3.8, 4) is 0 Å². The van der Waals surface area contributed by atoms with Crippen molar-refractivity contribution in [1.29, 1.82) is 0 Å². The Labute approximate surface area is 116 Å². The summed E-state index contributed by atoms with van der Waals surface area (Å²) in [7, 11) is 0. The van der Waals surface area contributed by atoms with Crippen molar-refractivity contribution in [2.24, 2.45) is 10.7 Å². The van der Waals surface area contributed by atoms with Gasteiger partial charge in [0.1, 0.15) is 5.60 Å². The van der Waals surface area contributed by atoms with Crippen LogP contribution in [0.3, 0.4) is 0 Å². The molecule has 6 heteroatoms. The zero-order chi connectivity index (χ0) is 15.3. The monoisotopic (exact) mass is 272 g/mol. The van der Waals surface area contributed by atoms with Gasteiger partial charge in [-0.05, 0) is 48.5 Å². The number of aliphatic imine (C=N–C) groups is 1. The van der Waals surface area contributed by atoms with Crippen LogP contribution >= 0.6 is 0 Å². The van der Waals surface area contributed by atoms with Crippen LogP contribution in [-0.4, -0.2) is 35.8 Å². The van der Waals surface area contributed by atoms with Crippen LogP contribution in [0.2, 0.25) is 0 Å². The summed E-state index contributed by atoms with van der Waals surface area (Å²) < 4.78 is 5.20. The number of guanidine groups is 1. The number of amides is 1. The van der Waals surface area contributed by atoms with Crippen LogP contribution in [0.1, 0.15) is 48.5 Å². The summed E-state index contributed by atoms with van der Waals surface area (Å²) in [5, 5.41) is 5.76. The first-order valence-electron chi connectivity index (χ1n) is 6.49. The molecule has 19 heavy (non-hydrogen) atoms. The molecule has 0 rings (SSSR count). The van der Waals surface area contributed by atoms with Gasteiger partial charge in [-0.1, -0.05) is 0 Å². The third-order valence-electron chi connectivity index (χ3n) is 1.92. The highest BCUT2D eigenvalue weighted by molar-refractivity contribution is 5.78. The molecule has 4 N–H and O–H groups in total. The normalized spacial score (nSPS) is 13.4. The van der Waals surface area contributed by atoms with E-state index in [1.54, 1.807) is 0 Å². The average Bonchev–Trinajstić information content (AvgIpc) is 2.09. The van der Waals surface area contributed by atoms with Crippen molar-refractivity contribution in [3.05, 3.63) is 0 Å². The summed E-state index contributed by atoms with van der Waals surface area (Å²) in [5.74, 6) is 0.370. The fraction of sp³-hybridized carbons (Fsp3) is 0.846. The summed E-state index contributed by atoms with van der Waals surface area (Å²) in [4.78, 5) is 15.9. The second-order valence-electron chi connectivity index (χ2n) is 6.51. The van der Waals surface area contributed by atoms with Gasteiger partial charge in [0.25, 0.3) is 0 Å². The fourth-order valence-corrected chi connectivity index (χ4v) is 1.24. The fourth-order valence-electron chi connectivity index (χ4n) is 1.24. The van der Waals surface area contributed by atoms with E-state index in [0.717, 1.165) is 0 Å². The Hall–Kier alpha value is -1.46. The van der Waals surface area contributed by atoms with Gasteiger partial charge >= 0.3 is 6.09 Å². The number of carbonyl (C=O) groups excluding carboxylic acids is 1. The maximum Gasteiger partial charge on any atom is 0.408 e. The first-order valence-corrected chi connectivity index (χ1v) is 6.49. The molecule has 0 radical (unpaired) electrons. The number of alkyl carbamates (subject to hydrolysis) is 1. The number of rotatable bonds is 4. The molecule has 0 atom stereocenters. The van der Waals surface area contributed by atoms with Gasteiger partial charge in [-0.2, -0.15) is 0 Å². The second kappa shape index (κ2) is 6.63. The molecule has 0 aliphatic rings. The highest BCUT2D eigenvalue weighted by Crippen LogP contribution is 2.09. The van der Waals surface area contributed by atoms with Gasteiger partial charge in [0.05, 0.1) is 12.1 Å². The van der Waals surface area contributed by atoms with Gasteiger partial charge in [0.15, 0.2) is 5.96 Å². The largest absolute Gasteiger partial charge is 0.444 e. The topological polar surface area (TPSA) is 88.7 Å².